The Morgan fingerprint density at radius 3 is 2.45 bits per heavy atom. The van der Waals surface area contributed by atoms with Gasteiger partial charge in [-0.3, -0.25) is 4.90 Å². The van der Waals surface area contributed by atoms with Gasteiger partial charge in [0.2, 0.25) is 0 Å². The first-order valence-corrected chi connectivity index (χ1v) is 8.11. The third kappa shape index (κ3) is 3.19. The number of benzene rings is 2. The highest BCUT2D eigenvalue weighted by Gasteiger charge is 2.43. The molecule has 1 saturated heterocycles. The van der Waals surface area contributed by atoms with Gasteiger partial charge in [0.25, 0.3) is 0 Å². The maximum Gasteiger partial charge on any atom is 0.0503 e. The van der Waals surface area contributed by atoms with E-state index in [1.807, 2.05) is 18.2 Å². The van der Waals surface area contributed by atoms with Gasteiger partial charge in [-0.05, 0) is 23.3 Å². The van der Waals surface area contributed by atoms with Crippen LogP contribution in [0.3, 0.4) is 0 Å². The monoisotopic (exact) mass is 315 g/mol. The van der Waals surface area contributed by atoms with Crippen molar-refractivity contribution < 1.29 is 5.11 Å². The van der Waals surface area contributed by atoms with Crippen LogP contribution in [0.15, 0.2) is 54.6 Å². The summed E-state index contributed by atoms with van der Waals surface area (Å²) in [6.07, 6.45) is 0. The van der Waals surface area contributed by atoms with Gasteiger partial charge < -0.3 is 5.11 Å². The van der Waals surface area contributed by atoms with E-state index in [1.54, 1.807) is 0 Å². The van der Waals surface area contributed by atoms with Crippen molar-refractivity contribution in [3.63, 3.8) is 0 Å². The van der Waals surface area contributed by atoms with Crippen LogP contribution < -0.4 is 0 Å². The van der Waals surface area contributed by atoms with Crippen LogP contribution in [0.2, 0.25) is 5.02 Å². The van der Waals surface area contributed by atoms with Gasteiger partial charge in [0.15, 0.2) is 0 Å². The lowest BCUT2D eigenvalue weighted by Gasteiger charge is -2.28. The summed E-state index contributed by atoms with van der Waals surface area (Å²) in [6, 6.07) is 18.6. The summed E-state index contributed by atoms with van der Waals surface area (Å²) in [5.74, 6) is 0.332. The summed E-state index contributed by atoms with van der Waals surface area (Å²) in [5, 5.41) is 10.7. The summed E-state index contributed by atoms with van der Waals surface area (Å²) in [7, 11) is 0. The van der Waals surface area contributed by atoms with Gasteiger partial charge in [0, 0.05) is 36.0 Å². The zero-order chi connectivity index (χ0) is 15.6. The summed E-state index contributed by atoms with van der Waals surface area (Å²) in [5.41, 5.74) is 2.47. The van der Waals surface area contributed by atoms with Gasteiger partial charge >= 0.3 is 0 Å². The average Bonchev–Trinajstić information content (AvgIpc) is 2.86. The molecule has 1 aliphatic rings. The highest BCUT2D eigenvalue weighted by molar-refractivity contribution is 6.30. The van der Waals surface area contributed by atoms with Crippen LogP contribution >= 0.6 is 11.6 Å². The lowest BCUT2D eigenvalue weighted by Crippen LogP contribution is -2.30. The first kappa shape index (κ1) is 15.5. The minimum Gasteiger partial charge on any atom is -0.396 e. The van der Waals surface area contributed by atoms with E-state index < -0.39 is 0 Å². The van der Waals surface area contributed by atoms with Gasteiger partial charge in [-0.25, -0.2) is 0 Å². The highest BCUT2D eigenvalue weighted by atomic mass is 35.5. The minimum absolute atomic E-state index is 0.109. The van der Waals surface area contributed by atoms with E-state index in [2.05, 4.69) is 48.2 Å². The third-order valence-electron chi connectivity index (χ3n) is 4.75. The van der Waals surface area contributed by atoms with E-state index in [4.69, 9.17) is 11.6 Å². The molecule has 22 heavy (non-hydrogen) atoms. The lowest BCUT2D eigenvalue weighted by atomic mass is 9.77. The molecule has 2 aromatic rings. The SMILES string of the molecule is C[C@@]1(CO)CN(Cc2ccccc2)C[C@H]1c1ccc(Cl)cc1. The largest absolute Gasteiger partial charge is 0.396 e. The van der Waals surface area contributed by atoms with Crippen LogP contribution in [0.1, 0.15) is 24.0 Å². The molecule has 1 heterocycles. The van der Waals surface area contributed by atoms with E-state index in [0.29, 0.717) is 5.92 Å². The van der Waals surface area contributed by atoms with Crippen molar-refractivity contribution in [2.24, 2.45) is 5.41 Å². The average molecular weight is 316 g/mol. The van der Waals surface area contributed by atoms with Crippen molar-refractivity contribution in [2.75, 3.05) is 19.7 Å². The molecule has 0 spiro atoms. The van der Waals surface area contributed by atoms with Gasteiger partial charge in [-0.15, -0.1) is 0 Å². The number of aliphatic hydroxyl groups is 1. The molecule has 0 aliphatic carbocycles. The Labute approximate surface area is 137 Å². The van der Waals surface area contributed by atoms with Crippen molar-refractivity contribution in [2.45, 2.75) is 19.4 Å². The second-order valence-electron chi connectivity index (χ2n) is 6.57. The molecular weight excluding hydrogens is 294 g/mol. The standard InChI is InChI=1S/C19H22ClNO/c1-19(14-22)13-21(11-15-5-3-2-4-6-15)12-18(19)16-7-9-17(20)10-8-16/h2-10,18,22H,11-14H2,1H3/t18-,19-/m0/s1. The Kier molecular flexibility index (Phi) is 4.53. The zero-order valence-corrected chi connectivity index (χ0v) is 13.6. The molecule has 0 radical (unpaired) electrons. The highest BCUT2D eigenvalue weighted by Crippen LogP contribution is 2.43. The van der Waals surface area contributed by atoms with Crippen LogP contribution in [0.25, 0.3) is 0 Å². The van der Waals surface area contributed by atoms with Crippen molar-refractivity contribution in [1.29, 1.82) is 0 Å². The number of hydrogen-bond acceptors (Lipinski definition) is 2. The maximum atomic E-state index is 9.94. The molecule has 2 aromatic carbocycles. The Hall–Kier alpha value is -1.35. The number of nitrogens with zero attached hydrogens (tertiary/aromatic N) is 1. The lowest BCUT2D eigenvalue weighted by molar-refractivity contribution is 0.132. The molecule has 0 amide bonds. The normalized spacial score (nSPS) is 25.5. The van der Waals surface area contributed by atoms with Crippen molar-refractivity contribution >= 4 is 11.6 Å². The van der Waals surface area contributed by atoms with E-state index in [-0.39, 0.29) is 12.0 Å². The van der Waals surface area contributed by atoms with Gasteiger partial charge in [0.05, 0.1) is 6.61 Å². The van der Waals surface area contributed by atoms with E-state index >= 15 is 0 Å². The summed E-state index contributed by atoms with van der Waals surface area (Å²) >= 11 is 6.00. The topological polar surface area (TPSA) is 23.5 Å². The van der Waals surface area contributed by atoms with Crippen molar-refractivity contribution in [3.05, 3.63) is 70.7 Å². The first-order chi connectivity index (χ1) is 10.6. The minimum atomic E-state index is -0.109. The zero-order valence-electron chi connectivity index (χ0n) is 12.9. The summed E-state index contributed by atoms with van der Waals surface area (Å²) < 4.78 is 0. The Balaban J connectivity index is 1.79. The number of rotatable bonds is 4. The maximum absolute atomic E-state index is 9.94. The van der Waals surface area contributed by atoms with Gasteiger partial charge in [-0.2, -0.15) is 0 Å². The molecule has 0 saturated carbocycles. The van der Waals surface area contributed by atoms with Crippen LogP contribution in [0.4, 0.5) is 0 Å². The fourth-order valence-corrected chi connectivity index (χ4v) is 3.62. The Bertz CT molecular complexity index is 613. The quantitative estimate of drug-likeness (QED) is 0.924. The number of hydrogen-bond donors (Lipinski definition) is 1. The molecule has 2 atom stereocenters. The fourth-order valence-electron chi connectivity index (χ4n) is 3.49. The molecule has 1 fully saturated rings. The Morgan fingerprint density at radius 2 is 1.82 bits per heavy atom. The van der Waals surface area contributed by atoms with E-state index in [0.717, 1.165) is 24.7 Å². The molecule has 0 bridgehead atoms. The number of aliphatic hydroxyl groups excluding tert-OH is 1. The van der Waals surface area contributed by atoms with Crippen LogP contribution in [0.5, 0.6) is 0 Å². The first-order valence-electron chi connectivity index (χ1n) is 7.73. The third-order valence-corrected chi connectivity index (χ3v) is 5.00. The predicted molar refractivity (Wildman–Crippen MR) is 91.1 cm³/mol. The second kappa shape index (κ2) is 6.41. The van der Waals surface area contributed by atoms with Crippen LogP contribution in [-0.4, -0.2) is 29.7 Å². The second-order valence-corrected chi connectivity index (χ2v) is 7.01. The summed E-state index contributed by atoms with van der Waals surface area (Å²) in [6.45, 7) is 5.18. The number of likely N-dealkylation sites (tertiary alicyclic amines) is 1. The molecular formula is C19H22ClNO. The van der Waals surface area contributed by atoms with Crippen molar-refractivity contribution in [1.82, 2.24) is 4.90 Å². The van der Waals surface area contributed by atoms with Crippen LogP contribution in [0, 0.1) is 5.41 Å². The molecule has 2 nitrogen and oxygen atoms in total. The fraction of sp³-hybridized carbons (Fsp3) is 0.368. The molecule has 116 valence electrons. The predicted octanol–water partition coefficient (Wildman–Crippen LogP) is 3.94. The van der Waals surface area contributed by atoms with Gasteiger partial charge in [0.1, 0.15) is 0 Å². The molecule has 1 aliphatic heterocycles. The van der Waals surface area contributed by atoms with Crippen LogP contribution in [-0.2, 0) is 6.54 Å². The van der Waals surface area contributed by atoms with Crippen molar-refractivity contribution in [3.8, 4) is 0 Å². The van der Waals surface area contributed by atoms with Gasteiger partial charge in [-0.1, -0.05) is 61.0 Å². The Morgan fingerprint density at radius 1 is 1.14 bits per heavy atom. The van der Waals surface area contributed by atoms with E-state index in [1.165, 1.54) is 11.1 Å². The molecule has 3 heteroatoms. The molecule has 0 aromatic heterocycles. The number of halogens is 1. The molecule has 3 rings (SSSR count). The molecule has 0 unspecified atom stereocenters. The van der Waals surface area contributed by atoms with E-state index in [9.17, 15) is 5.11 Å². The molecule has 1 N–H and O–H groups in total. The summed E-state index contributed by atoms with van der Waals surface area (Å²) in [4.78, 5) is 2.44. The smallest absolute Gasteiger partial charge is 0.0503 e.